The van der Waals surface area contributed by atoms with E-state index < -0.39 is 17.5 Å². The lowest BCUT2D eigenvalue weighted by Crippen LogP contribution is -2.44. The molecule has 8 nitrogen and oxygen atoms in total. The highest BCUT2D eigenvalue weighted by Gasteiger charge is 2.52. The monoisotopic (exact) mass is 327 g/mol. The van der Waals surface area contributed by atoms with Crippen LogP contribution in [0.4, 0.5) is 10.6 Å². The van der Waals surface area contributed by atoms with E-state index in [0.29, 0.717) is 18.7 Å². The van der Waals surface area contributed by atoms with Crippen LogP contribution in [0.25, 0.3) is 10.9 Å². The van der Waals surface area contributed by atoms with Gasteiger partial charge in [-0.05, 0) is 25.0 Å². The lowest BCUT2D eigenvalue weighted by Gasteiger charge is -2.19. The number of rotatable bonds is 3. The van der Waals surface area contributed by atoms with Crippen molar-refractivity contribution in [1.82, 2.24) is 20.4 Å². The summed E-state index contributed by atoms with van der Waals surface area (Å²) in [4.78, 5) is 37.9. The summed E-state index contributed by atoms with van der Waals surface area (Å²) in [5.74, 6) is -0.365. The second-order valence-electron chi connectivity index (χ2n) is 6.28. The molecule has 2 heterocycles. The fraction of sp³-hybridized carbons (Fsp3) is 0.375. The van der Waals surface area contributed by atoms with Gasteiger partial charge >= 0.3 is 6.03 Å². The molecule has 24 heavy (non-hydrogen) atoms. The zero-order valence-electron chi connectivity index (χ0n) is 13.0. The third kappa shape index (κ3) is 2.22. The number of aromatic amines is 1. The Kier molecular flexibility index (Phi) is 3.26. The van der Waals surface area contributed by atoms with Crippen LogP contribution < -0.4 is 10.6 Å². The molecule has 1 aromatic heterocycles. The normalized spacial score (nSPS) is 19.2. The molecule has 1 aliphatic heterocycles. The summed E-state index contributed by atoms with van der Waals surface area (Å²) in [6, 6.07) is 6.88. The predicted octanol–water partition coefficient (Wildman–Crippen LogP) is 1.37. The largest absolute Gasteiger partial charge is 0.325 e. The number of hydrogen-bond donors (Lipinski definition) is 3. The molecular formula is C16H17N5O3. The van der Waals surface area contributed by atoms with E-state index in [-0.39, 0.29) is 12.5 Å². The number of carbonyl (C=O) groups is 3. The quantitative estimate of drug-likeness (QED) is 0.740. The van der Waals surface area contributed by atoms with Crippen LogP contribution in [0.3, 0.4) is 0 Å². The molecular weight excluding hydrogens is 310 g/mol. The lowest BCUT2D eigenvalue weighted by atomic mass is 9.98. The van der Waals surface area contributed by atoms with Crippen molar-refractivity contribution in [3.8, 4) is 0 Å². The van der Waals surface area contributed by atoms with Crippen LogP contribution in [0.1, 0.15) is 25.7 Å². The van der Waals surface area contributed by atoms with Crippen molar-refractivity contribution >= 4 is 34.6 Å². The van der Waals surface area contributed by atoms with Gasteiger partial charge in [0, 0.05) is 5.39 Å². The molecule has 4 rings (SSSR count). The van der Waals surface area contributed by atoms with E-state index >= 15 is 0 Å². The molecule has 2 aliphatic rings. The van der Waals surface area contributed by atoms with E-state index in [1.807, 2.05) is 24.3 Å². The number of urea groups is 1. The van der Waals surface area contributed by atoms with Gasteiger partial charge in [0.15, 0.2) is 5.82 Å². The predicted molar refractivity (Wildman–Crippen MR) is 86.2 cm³/mol. The van der Waals surface area contributed by atoms with Crippen molar-refractivity contribution in [2.75, 3.05) is 11.9 Å². The maximum absolute atomic E-state index is 12.5. The van der Waals surface area contributed by atoms with Gasteiger partial charge in [0.05, 0.1) is 5.52 Å². The number of nitrogens with one attached hydrogen (secondary N) is 3. The summed E-state index contributed by atoms with van der Waals surface area (Å²) >= 11 is 0. The summed E-state index contributed by atoms with van der Waals surface area (Å²) in [6.45, 7) is -0.312. The Bertz CT molecular complexity index is 837. The van der Waals surface area contributed by atoms with Crippen LogP contribution in [0.2, 0.25) is 0 Å². The van der Waals surface area contributed by atoms with Crippen LogP contribution in [0.15, 0.2) is 24.3 Å². The van der Waals surface area contributed by atoms with Crippen LogP contribution in [0, 0.1) is 0 Å². The third-order valence-corrected chi connectivity index (χ3v) is 4.73. The number of H-pyrrole nitrogens is 1. The SMILES string of the molecule is O=C(CN1C(=O)NC2(CCCC2)C1=O)Nc1n[nH]c2ccccc12. The van der Waals surface area contributed by atoms with Crippen molar-refractivity contribution in [2.24, 2.45) is 0 Å². The zero-order valence-corrected chi connectivity index (χ0v) is 13.0. The van der Waals surface area contributed by atoms with Gasteiger partial charge in [0.2, 0.25) is 5.91 Å². The molecule has 0 radical (unpaired) electrons. The van der Waals surface area contributed by atoms with Gasteiger partial charge in [0.1, 0.15) is 12.1 Å². The van der Waals surface area contributed by atoms with Gasteiger partial charge < -0.3 is 10.6 Å². The molecule has 1 aliphatic carbocycles. The van der Waals surface area contributed by atoms with Crippen molar-refractivity contribution in [3.05, 3.63) is 24.3 Å². The number of fused-ring (bicyclic) bond motifs is 1. The number of imide groups is 1. The third-order valence-electron chi connectivity index (χ3n) is 4.73. The van der Waals surface area contributed by atoms with Gasteiger partial charge in [-0.1, -0.05) is 25.0 Å². The number of hydrogen-bond acceptors (Lipinski definition) is 4. The molecule has 1 spiro atoms. The van der Waals surface area contributed by atoms with Gasteiger partial charge in [-0.25, -0.2) is 4.79 Å². The minimum absolute atomic E-state index is 0.299. The fourth-order valence-electron chi connectivity index (χ4n) is 3.51. The molecule has 1 saturated heterocycles. The smallest absolute Gasteiger partial charge is 0.323 e. The first-order chi connectivity index (χ1) is 11.6. The first kappa shape index (κ1) is 14.7. The van der Waals surface area contributed by atoms with Crippen LogP contribution >= 0.6 is 0 Å². The van der Waals surface area contributed by atoms with Crippen molar-refractivity contribution in [2.45, 2.75) is 31.2 Å². The molecule has 3 N–H and O–H groups in total. The molecule has 124 valence electrons. The molecule has 2 aromatic rings. The molecule has 1 saturated carbocycles. The van der Waals surface area contributed by atoms with Crippen molar-refractivity contribution in [3.63, 3.8) is 0 Å². The first-order valence-corrected chi connectivity index (χ1v) is 7.96. The van der Waals surface area contributed by atoms with E-state index in [1.54, 1.807) is 0 Å². The van der Waals surface area contributed by atoms with E-state index in [4.69, 9.17) is 0 Å². The van der Waals surface area contributed by atoms with E-state index in [0.717, 1.165) is 28.6 Å². The number of carbonyl (C=O) groups excluding carboxylic acids is 3. The Morgan fingerprint density at radius 2 is 2.00 bits per heavy atom. The van der Waals surface area contributed by atoms with Gasteiger partial charge in [0.25, 0.3) is 5.91 Å². The second kappa shape index (κ2) is 5.33. The minimum Gasteiger partial charge on any atom is -0.323 e. The van der Waals surface area contributed by atoms with E-state index in [9.17, 15) is 14.4 Å². The summed E-state index contributed by atoms with van der Waals surface area (Å²) < 4.78 is 0. The fourth-order valence-corrected chi connectivity index (χ4v) is 3.51. The highest BCUT2D eigenvalue weighted by atomic mass is 16.2. The molecule has 1 aromatic carbocycles. The number of anilines is 1. The number of para-hydroxylation sites is 1. The Hall–Kier alpha value is -2.90. The summed E-state index contributed by atoms with van der Waals surface area (Å²) in [6.07, 6.45) is 3.09. The average Bonchev–Trinajstić information content (AvgIpc) is 3.25. The second-order valence-corrected chi connectivity index (χ2v) is 6.28. The van der Waals surface area contributed by atoms with E-state index in [1.165, 1.54) is 0 Å². The highest BCUT2D eigenvalue weighted by molar-refractivity contribution is 6.10. The highest BCUT2D eigenvalue weighted by Crippen LogP contribution is 2.34. The van der Waals surface area contributed by atoms with Crippen LogP contribution in [0.5, 0.6) is 0 Å². The number of benzene rings is 1. The Morgan fingerprint density at radius 3 is 2.79 bits per heavy atom. The van der Waals surface area contributed by atoms with Crippen molar-refractivity contribution in [1.29, 1.82) is 0 Å². The molecule has 0 unspecified atom stereocenters. The molecule has 0 bridgehead atoms. The average molecular weight is 327 g/mol. The molecule has 4 amide bonds. The summed E-state index contributed by atoms with van der Waals surface area (Å²) in [7, 11) is 0. The Balaban J connectivity index is 1.48. The maximum atomic E-state index is 12.5. The Morgan fingerprint density at radius 1 is 1.25 bits per heavy atom. The summed E-state index contributed by atoms with van der Waals surface area (Å²) in [5.41, 5.74) is 0.00355. The number of amides is 4. The standard InChI is InChI=1S/C16H17N5O3/c22-12(17-13-10-5-1-2-6-11(10)19-20-13)9-21-14(23)16(18-15(21)24)7-3-4-8-16/h1-2,5-6H,3-4,7-9H2,(H,18,24)(H2,17,19,20,22). The van der Waals surface area contributed by atoms with Gasteiger partial charge in [-0.3, -0.25) is 19.6 Å². The van der Waals surface area contributed by atoms with E-state index in [2.05, 4.69) is 20.8 Å². The Labute approximate surface area is 137 Å². The first-order valence-electron chi connectivity index (χ1n) is 7.96. The number of aromatic nitrogens is 2. The zero-order chi connectivity index (χ0) is 16.7. The van der Waals surface area contributed by atoms with Gasteiger partial charge in [-0.15, -0.1) is 0 Å². The van der Waals surface area contributed by atoms with Gasteiger partial charge in [-0.2, -0.15) is 5.10 Å². The molecule has 0 atom stereocenters. The van der Waals surface area contributed by atoms with Crippen molar-refractivity contribution < 1.29 is 14.4 Å². The molecule has 8 heteroatoms. The number of nitrogens with zero attached hydrogens (tertiary/aromatic N) is 2. The minimum atomic E-state index is -0.795. The lowest BCUT2D eigenvalue weighted by molar-refractivity contribution is -0.133. The van der Waals surface area contributed by atoms with Crippen LogP contribution in [-0.2, 0) is 9.59 Å². The van der Waals surface area contributed by atoms with Crippen LogP contribution in [-0.4, -0.2) is 45.0 Å². The maximum Gasteiger partial charge on any atom is 0.325 e. The molecule has 2 fully saturated rings. The summed E-state index contributed by atoms with van der Waals surface area (Å²) in [5, 5.41) is 13.1. The topological polar surface area (TPSA) is 107 Å².